The van der Waals surface area contributed by atoms with Crippen molar-refractivity contribution in [3.05, 3.63) is 41.5 Å². The van der Waals surface area contributed by atoms with Crippen LogP contribution in [0.25, 0.3) is 0 Å². The van der Waals surface area contributed by atoms with Gasteiger partial charge in [0.1, 0.15) is 14.8 Å². The molecule has 154 valence electrons. The van der Waals surface area contributed by atoms with Gasteiger partial charge in [-0.1, -0.05) is 18.2 Å². The van der Waals surface area contributed by atoms with Crippen molar-refractivity contribution >= 4 is 32.1 Å². The van der Waals surface area contributed by atoms with Crippen LogP contribution in [0.2, 0.25) is 0 Å². The van der Waals surface area contributed by atoms with Gasteiger partial charge in [-0.2, -0.15) is 13.2 Å². The van der Waals surface area contributed by atoms with Crippen LogP contribution in [0.5, 0.6) is 0 Å². The van der Waals surface area contributed by atoms with E-state index in [4.69, 9.17) is 5.73 Å². The Balaban J connectivity index is 2.50. The van der Waals surface area contributed by atoms with Gasteiger partial charge in [0.15, 0.2) is 0 Å². The Labute approximate surface area is 164 Å². The Morgan fingerprint density at radius 2 is 1.82 bits per heavy atom. The van der Waals surface area contributed by atoms with Gasteiger partial charge in [0.2, 0.25) is 9.84 Å². The molecule has 4 N–H and O–H groups in total. The second-order valence-corrected chi connectivity index (χ2v) is 9.74. The maximum absolute atomic E-state index is 12.9. The molecule has 0 aliphatic carbocycles. The lowest BCUT2D eigenvalue weighted by Gasteiger charge is -2.16. The first-order valence-corrected chi connectivity index (χ1v) is 10.3. The van der Waals surface area contributed by atoms with Crippen LogP contribution in [0.4, 0.5) is 18.2 Å². The molecule has 1 amide bonds. The second-order valence-electron chi connectivity index (χ2n) is 6.54. The van der Waals surface area contributed by atoms with Crippen LogP contribution < -0.4 is 11.1 Å². The molecule has 2 aromatic rings. The molecule has 11 heteroatoms. The molecule has 0 aliphatic rings. The van der Waals surface area contributed by atoms with Crippen molar-refractivity contribution < 1.29 is 31.5 Å². The van der Waals surface area contributed by atoms with Gasteiger partial charge < -0.3 is 16.2 Å². The van der Waals surface area contributed by atoms with E-state index in [0.29, 0.717) is 11.3 Å². The van der Waals surface area contributed by atoms with E-state index < -0.39 is 38.8 Å². The van der Waals surface area contributed by atoms with Crippen LogP contribution in [0.3, 0.4) is 0 Å². The Morgan fingerprint density at radius 1 is 1.21 bits per heavy atom. The third kappa shape index (κ3) is 5.10. The van der Waals surface area contributed by atoms with Crippen LogP contribution in [0.1, 0.15) is 25.0 Å². The van der Waals surface area contributed by atoms with Crippen LogP contribution in [-0.4, -0.2) is 31.2 Å². The maximum Gasteiger partial charge on any atom is 0.393 e. The van der Waals surface area contributed by atoms with Gasteiger partial charge in [0.05, 0.1) is 11.3 Å². The van der Waals surface area contributed by atoms with E-state index in [1.165, 1.54) is 32.0 Å². The predicted octanol–water partition coefficient (Wildman–Crippen LogP) is 2.85. The highest BCUT2D eigenvalue weighted by Gasteiger charge is 2.33. The normalized spacial score (nSPS) is 12.8. The number of hydrogen-bond donors (Lipinski definition) is 3. The molecule has 1 heterocycles. The monoisotopic (exact) mass is 436 g/mol. The molecule has 1 aromatic heterocycles. The first-order valence-electron chi connectivity index (χ1n) is 8.02. The molecule has 0 saturated heterocycles. The highest BCUT2D eigenvalue weighted by Crippen LogP contribution is 2.37. The summed E-state index contributed by atoms with van der Waals surface area (Å²) < 4.78 is 64.1. The summed E-state index contributed by atoms with van der Waals surface area (Å²) in [4.78, 5) is 11.5. The minimum atomic E-state index is -4.57. The molecule has 1 aromatic carbocycles. The fourth-order valence-electron chi connectivity index (χ4n) is 2.29. The molecule has 0 spiro atoms. The summed E-state index contributed by atoms with van der Waals surface area (Å²) in [5, 5.41) is 12.3. The zero-order chi connectivity index (χ0) is 21.3. The summed E-state index contributed by atoms with van der Waals surface area (Å²) in [5.74, 6) is -0.773. The van der Waals surface area contributed by atoms with Gasteiger partial charge >= 0.3 is 6.18 Å². The number of alkyl halides is 3. The number of benzene rings is 1. The van der Waals surface area contributed by atoms with Crippen LogP contribution >= 0.6 is 11.3 Å². The smallest absolute Gasteiger partial charge is 0.381 e. The predicted molar refractivity (Wildman–Crippen MR) is 98.8 cm³/mol. The topological polar surface area (TPSA) is 109 Å². The average molecular weight is 436 g/mol. The summed E-state index contributed by atoms with van der Waals surface area (Å²) in [7, 11) is -4.28. The summed E-state index contributed by atoms with van der Waals surface area (Å²) >= 11 is 0.665. The lowest BCUT2D eigenvalue weighted by Crippen LogP contribution is -2.36. The summed E-state index contributed by atoms with van der Waals surface area (Å²) in [5.41, 5.74) is 3.79. The van der Waals surface area contributed by atoms with Crippen molar-refractivity contribution in [2.24, 2.45) is 5.73 Å². The molecule has 28 heavy (non-hydrogen) atoms. The van der Waals surface area contributed by atoms with Gasteiger partial charge in [-0.15, -0.1) is 11.3 Å². The number of hydrogen-bond acceptors (Lipinski definition) is 6. The molecule has 0 aliphatic heterocycles. The third-order valence-corrected chi connectivity index (χ3v) is 7.13. The molecule has 6 nitrogen and oxygen atoms in total. The minimum Gasteiger partial charge on any atom is -0.381 e. The van der Waals surface area contributed by atoms with Gasteiger partial charge in [0.25, 0.3) is 5.91 Å². The molecular weight excluding hydrogens is 417 g/mol. The van der Waals surface area contributed by atoms with E-state index in [2.05, 4.69) is 5.32 Å². The zero-order valence-electron chi connectivity index (χ0n) is 15.0. The fourth-order valence-corrected chi connectivity index (χ4v) is 5.32. The van der Waals surface area contributed by atoms with E-state index in [0.717, 1.165) is 12.1 Å². The first-order chi connectivity index (χ1) is 12.8. The molecule has 0 radical (unpaired) electrons. The Morgan fingerprint density at radius 3 is 2.36 bits per heavy atom. The number of halogens is 3. The van der Waals surface area contributed by atoms with E-state index in [1.54, 1.807) is 0 Å². The number of thiophene rings is 1. The number of sulfone groups is 1. The number of rotatable bonds is 6. The van der Waals surface area contributed by atoms with Gasteiger partial charge in [-0.3, -0.25) is 4.79 Å². The average Bonchev–Trinajstić information content (AvgIpc) is 2.96. The number of anilines is 1. The van der Waals surface area contributed by atoms with Crippen LogP contribution in [0, 0.1) is 0 Å². The lowest BCUT2D eigenvalue weighted by atomic mass is 10.1. The van der Waals surface area contributed by atoms with E-state index in [9.17, 15) is 31.5 Å². The highest BCUT2D eigenvalue weighted by molar-refractivity contribution is 7.93. The molecular formula is C17H19F3N2O4S2. The summed E-state index contributed by atoms with van der Waals surface area (Å²) in [6.45, 7) is 2.39. The second kappa shape index (κ2) is 7.82. The maximum atomic E-state index is 12.9. The minimum absolute atomic E-state index is 0.113. The molecule has 0 unspecified atom stereocenters. The van der Waals surface area contributed by atoms with Gasteiger partial charge in [-0.05, 0) is 31.5 Å². The first kappa shape index (κ1) is 22.3. The Kier molecular flexibility index (Phi) is 6.24. The van der Waals surface area contributed by atoms with Crippen LogP contribution in [-0.2, 0) is 27.6 Å². The number of amides is 1. The lowest BCUT2D eigenvalue weighted by molar-refractivity contribution is -0.130. The van der Waals surface area contributed by atoms with Gasteiger partial charge in [0, 0.05) is 12.1 Å². The number of carbonyl (C=O) groups is 1. The van der Waals surface area contributed by atoms with Gasteiger partial charge in [-0.25, -0.2) is 8.42 Å². The summed E-state index contributed by atoms with van der Waals surface area (Å²) in [6, 6.07) is 6.09. The number of nitrogens with two attached hydrogens (primary N) is 1. The summed E-state index contributed by atoms with van der Waals surface area (Å²) in [6.07, 6.45) is -5.96. The Bertz CT molecular complexity index is 977. The largest absolute Gasteiger partial charge is 0.393 e. The van der Waals surface area contributed by atoms with Crippen molar-refractivity contribution in [3.63, 3.8) is 0 Å². The van der Waals surface area contributed by atoms with Crippen molar-refractivity contribution in [1.82, 2.24) is 0 Å². The van der Waals surface area contributed by atoms with Crippen molar-refractivity contribution in [2.75, 3.05) is 5.32 Å². The van der Waals surface area contributed by atoms with Crippen molar-refractivity contribution in [2.45, 2.75) is 47.7 Å². The molecule has 0 atom stereocenters. The Hall–Kier alpha value is -1.95. The number of aliphatic hydroxyl groups is 1. The quantitative estimate of drug-likeness (QED) is 0.645. The van der Waals surface area contributed by atoms with Crippen molar-refractivity contribution in [1.29, 1.82) is 0 Å². The fraction of sp³-hybridized carbons (Fsp3) is 0.353. The molecule has 0 bridgehead atoms. The van der Waals surface area contributed by atoms with E-state index in [1.807, 2.05) is 0 Å². The van der Waals surface area contributed by atoms with E-state index >= 15 is 0 Å². The number of carbonyl (C=O) groups excluding carboxylic acids is 1. The highest BCUT2D eigenvalue weighted by atomic mass is 32.2. The molecule has 0 saturated carbocycles. The SMILES string of the molecule is CC(C)(O)C(=O)Nc1sc(S(=O)(=O)c2ccccc2CC(F)(F)F)cc1CN. The molecule has 0 fully saturated rings. The standard InChI is InChI=1S/C17H19F3N2O4S2/c1-16(2,24)15(23)22-14-11(9-21)7-13(27-14)28(25,26)12-6-4-3-5-10(12)8-17(18,19)20/h3-7,24H,8-9,21H2,1-2H3,(H,22,23). The van der Waals surface area contributed by atoms with Crippen LogP contribution in [0.15, 0.2) is 39.4 Å². The molecule has 2 rings (SSSR count). The van der Waals surface area contributed by atoms with E-state index in [-0.39, 0.29) is 26.9 Å². The van der Waals surface area contributed by atoms with Crippen molar-refractivity contribution in [3.8, 4) is 0 Å². The zero-order valence-corrected chi connectivity index (χ0v) is 16.6. The number of nitrogens with one attached hydrogen (secondary N) is 1. The third-order valence-electron chi connectivity index (χ3n) is 3.71.